The van der Waals surface area contributed by atoms with E-state index >= 15 is 0 Å². The lowest BCUT2D eigenvalue weighted by molar-refractivity contribution is -0.163. The molecule has 11 heteroatoms. The fraction of sp³-hybridized carbons (Fsp3) is 0.625. The summed E-state index contributed by atoms with van der Waals surface area (Å²) in [6.07, 6.45) is 1.59. The maximum Gasteiger partial charge on any atom is 0.353 e. The molecule has 0 bridgehead atoms. The highest BCUT2D eigenvalue weighted by atomic mass is 32.2. The van der Waals surface area contributed by atoms with Crippen LogP contribution >= 0.6 is 11.8 Å². The number of rotatable bonds is 10. The van der Waals surface area contributed by atoms with Crippen molar-refractivity contribution in [3.05, 3.63) is 10.6 Å². The van der Waals surface area contributed by atoms with Crippen LogP contribution in [0.15, 0.2) is 20.6 Å². The number of carbonyl (C=O) groups excluding carboxylic acids is 1. The molecule has 1 amide bonds. The van der Waals surface area contributed by atoms with Crippen LogP contribution in [0.3, 0.4) is 0 Å². The Bertz CT molecular complexity index is 674. The van der Waals surface area contributed by atoms with Crippen molar-refractivity contribution in [2.24, 2.45) is 39.0 Å². The van der Waals surface area contributed by atoms with Crippen molar-refractivity contribution in [2.75, 3.05) is 18.8 Å². The van der Waals surface area contributed by atoms with Gasteiger partial charge in [-0.15, -0.1) is 11.8 Å². The first-order valence-corrected chi connectivity index (χ1v) is 9.66. The molecule has 27 heavy (non-hydrogen) atoms. The van der Waals surface area contributed by atoms with Crippen LogP contribution in [0.4, 0.5) is 0 Å². The minimum absolute atomic E-state index is 0.000242. The maximum absolute atomic E-state index is 12.5. The number of β-lactam (4-membered cyclic amide) rings is 1. The van der Waals surface area contributed by atoms with Gasteiger partial charge in [0.2, 0.25) is 5.91 Å². The largest absolute Gasteiger partial charge is 0.477 e. The second-order valence-electron chi connectivity index (χ2n) is 6.44. The molecule has 2 heterocycles. The Balaban J connectivity index is 2.25. The van der Waals surface area contributed by atoms with Crippen molar-refractivity contribution in [2.45, 2.75) is 31.9 Å². The predicted molar refractivity (Wildman–Crippen MR) is 104 cm³/mol. The molecular weight excluding hydrogens is 372 g/mol. The molecule has 0 aromatic carbocycles. The van der Waals surface area contributed by atoms with Crippen LogP contribution < -0.4 is 17.2 Å². The Morgan fingerprint density at radius 2 is 2.11 bits per heavy atom. The molecule has 10 nitrogen and oxygen atoms in total. The fourth-order valence-electron chi connectivity index (χ4n) is 3.65. The van der Waals surface area contributed by atoms with Gasteiger partial charge in [-0.25, -0.2) is 4.79 Å². The van der Waals surface area contributed by atoms with Crippen LogP contribution in [0, 0.1) is 11.8 Å². The van der Waals surface area contributed by atoms with Crippen molar-refractivity contribution >= 4 is 35.9 Å². The molecule has 0 unspecified atom stereocenters. The average Bonchev–Trinajstić information content (AvgIpc) is 2.85. The molecular formula is C16H26N6O4S. The minimum Gasteiger partial charge on any atom is -0.477 e. The van der Waals surface area contributed by atoms with E-state index in [1.807, 2.05) is 0 Å². The molecule has 0 aliphatic carbocycles. The van der Waals surface area contributed by atoms with E-state index in [0.717, 1.165) is 0 Å². The van der Waals surface area contributed by atoms with Crippen molar-refractivity contribution < 1.29 is 19.8 Å². The van der Waals surface area contributed by atoms with Crippen LogP contribution in [0.1, 0.15) is 19.8 Å². The second-order valence-corrected chi connectivity index (χ2v) is 7.58. The summed E-state index contributed by atoms with van der Waals surface area (Å²) >= 11 is 1.36. The topological polar surface area (TPSA) is 181 Å². The summed E-state index contributed by atoms with van der Waals surface area (Å²) in [5.41, 5.74) is 15.9. The van der Waals surface area contributed by atoms with Gasteiger partial charge in [-0.05, 0) is 19.8 Å². The van der Waals surface area contributed by atoms with Gasteiger partial charge in [0.1, 0.15) is 5.70 Å². The molecule has 4 atom stereocenters. The molecule has 1 saturated heterocycles. The maximum atomic E-state index is 12.5. The number of hydrogen-bond donors (Lipinski definition) is 5. The van der Waals surface area contributed by atoms with Gasteiger partial charge in [0.15, 0.2) is 5.96 Å². The highest BCUT2D eigenvalue weighted by Gasteiger charge is 2.60. The number of amides is 1. The van der Waals surface area contributed by atoms with E-state index in [9.17, 15) is 19.8 Å². The van der Waals surface area contributed by atoms with E-state index in [1.165, 1.54) is 23.0 Å². The van der Waals surface area contributed by atoms with E-state index in [4.69, 9.17) is 17.2 Å². The number of aliphatic hydroxyl groups excluding tert-OH is 1. The highest BCUT2D eigenvalue weighted by molar-refractivity contribution is 8.03. The standard InChI is InChI=1S/C16H26N6O4S/c1-8(23)10-11-9(3-2-4-21-16(18)19)13(27-6-5-20-7-17)12(15(25)26)22(11)14(10)24/h7-11,23H,2-6H2,1H3,(H2,17,20)(H,25,26)(H4,18,19,21)/t8-,9-,10-,11-/m1/s1. The van der Waals surface area contributed by atoms with Gasteiger partial charge in [0, 0.05) is 23.1 Å². The Morgan fingerprint density at radius 1 is 1.41 bits per heavy atom. The summed E-state index contributed by atoms with van der Waals surface area (Å²) in [4.78, 5) is 34.1. The van der Waals surface area contributed by atoms with E-state index in [2.05, 4.69) is 9.98 Å². The zero-order valence-electron chi connectivity index (χ0n) is 15.1. The van der Waals surface area contributed by atoms with Crippen LogP contribution in [-0.4, -0.2) is 70.3 Å². The van der Waals surface area contributed by atoms with Crippen LogP contribution in [0.25, 0.3) is 0 Å². The Morgan fingerprint density at radius 3 is 2.67 bits per heavy atom. The van der Waals surface area contributed by atoms with Gasteiger partial charge in [-0.1, -0.05) is 0 Å². The SMILES string of the molecule is C[C@@H](O)[C@H]1C(=O)N2C(C(=O)O)=C(SCCN=CN)[C@H](CCCN=C(N)N)[C@H]12. The van der Waals surface area contributed by atoms with E-state index in [1.54, 1.807) is 6.92 Å². The number of thioether (sulfide) groups is 1. The number of aliphatic carboxylic acids is 1. The van der Waals surface area contributed by atoms with E-state index in [0.29, 0.717) is 36.6 Å². The molecule has 0 radical (unpaired) electrons. The summed E-state index contributed by atoms with van der Waals surface area (Å²) in [6.45, 7) is 2.41. The van der Waals surface area contributed by atoms with Gasteiger partial charge < -0.3 is 32.3 Å². The minimum atomic E-state index is -1.14. The Kier molecular flexibility index (Phi) is 7.08. The van der Waals surface area contributed by atoms with Crippen LogP contribution in [0.5, 0.6) is 0 Å². The monoisotopic (exact) mass is 398 g/mol. The molecule has 150 valence electrons. The van der Waals surface area contributed by atoms with Crippen molar-refractivity contribution in [1.82, 2.24) is 4.90 Å². The molecule has 0 aromatic heterocycles. The van der Waals surface area contributed by atoms with Gasteiger partial charge >= 0.3 is 5.97 Å². The van der Waals surface area contributed by atoms with Gasteiger partial charge in [0.25, 0.3) is 0 Å². The molecule has 0 saturated carbocycles. The number of hydrogen-bond acceptors (Lipinski definition) is 6. The quantitative estimate of drug-likeness (QED) is 0.133. The number of fused-ring (bicyclic) bond motifs is 1. The molecule has 1 fully saturated rings. The summed E-state index contributed by atoms with van der Waals surface area (Å²) < 4.78 is 0. The third kappa shape index (κ3) is 4.35. The average molecular weight is 398 g/mol. The van der Waals surface area contributed by atoms with E-state index in [-0.39, 0.29) is 29.5 Å². The normalized spacial score (nSPS) is 25.5. The summed E-state index contributed by atoms with van der Waals surface area (Å²) in [6, 6.07) is -0.358. The zero-order chi connectivity index (χ0) is 20.1. The molecule has 0 spiro atoms. The Hall–Kier alpha value is -2.27. The first-order valence-electron chi connectivity index (χ1n) is 8.68. The van der Waals surface area contributed by atoms with Gasteiger partial charge in [-0.3, -0.25) is 14.8 Å². The van der Waals surface area contributed by atoms with Crippen molar-refractivity contribution in [3.63, 3.8) is 0 Å². The van der Waals surface area contributed by atoms with E-state index < -0.39 is 18.0 Å². The number of aliphatic hydroxyl groups is 1. The lowest BCUT2D eigenvalue weighted by Crippen LogP contribution is -2.63. The predicted octanol–water partition coefficient (Wildman–Crippen LogP) is -1.11. The third-order valence-electron chi connectivity index (χ3n) is 4.69. The van der Waals surface area contributed by atoms with Gasteiger partial charge in [-0.2, -0.15) is 0 Å². The summed E-state index contributed by atoms with van der Waals surface area (Å²) in [5, 5.41) is 19.7. The number of nitrogens with zero attached hydrogens (tertiary/aromatic N) is 3. The molecule has 0 aromatic rings. The number of guanidine groups is 1. The molecule has 2 aliphatic heterocycles. The fourth-order valence-corrected chi connectivity index (χ4v) is 4.86. The smallest absolute Gasteiger partial charge is 0.353 e. The number of nitrogens with two attached hydrogens (primary N) is 3. The summed E-state index contributed by atoms with van der Waals surface area (Å²) in [7, 11) is 0. The lowest BCUT2D eigenvalue weighted by atomic mass is 9.77. The van der Waals surface area contributed by atoms with Crippen LogP contribution in [-0.2, 0) is 9.59 Å². The number of carboxylic acid groups (broad SMARTS) is 1. The highest BCUT2D eigenvalue weighted by Crippen LogP contribution is 2.52. The van der Waals surface area contributed by atoms with Crippen molar-refractivity contribution in [3.8, 4) is 0 Å². The first-order chi connectivity index (χ1) is 12.8. The number of carbonyl (C=O) groups is 2. The van der Waals surface area contributed by atoms with Gasteiger partial charge in [0.05, 0.1) is 30.9 Å². The second kappa shape index (κ2) is 9.09. The van der Waals surface area contributed by atoms with Crippen LogP contribution in [0.2, 0.25) is 0 Å². The first kappa shape index (κ1) is 21.0. The number of aliphatic imine (C=N–C) groups is 2. The molecule has 8 N–H and O–H groups in total. The van der Waals surface area contributed by atoms with Crippen molar-refractivity contribution in [1.29, 1.82) is 0 Å². The summed E-state index contributed by atoms with van der Waals surface area (Å²) in [5.74, 6) is -1.74. The Labute approximate surface area is 161 Å². The number of carboxylic acids is 1. The third-order valence-corrected chi connectivity index (χ3v) is 5.88. The zero-order valence-corrected chi connectivity index (χ0v) is 15.9. The molecule has 2 rings (SSSR count). The lowest BCUT2D eigenvalue weighted by Gasteiger charge is -2.47. The molecule has 2 aliphatic rings.